The highest BCUT2D eigenvalue weighted by Crippen LogP contribution is 2.44. The van der Waals surface area contributed by atoms with Gasteiger partial charge in [-0.3, -0.25) is 0 Å². The van der Waals surface area contributed by atoms with Gasteiger partial charge in [-0.1, -0.05) is 49.4 Å². The number of allylic oxidation sites excluding steroid dienone is 1. The zero-order valence-electron chi connectivity index (χ0n) is 22.3. The molecular weight excluding hydrogens is 523 g/mol. The Kier molecular flexibility index (Phi) is 8.16. The average Bonchev–Trinajstić information content (AvgIpc) is 2.99. The minimum absolute atomic E-state index is 0.0371. The molecule has 0 radical (unpaired) electrons. The van der Waals surface area contributed by atoms with E-state index in [0.29, 0.717) is 22.8 Å². The van der Waals surface area contributed by atoms with Crippen molar-refractivity contribution in [2.75, 3.05) is 6.61 Å². The van der Waals surface area contributed by atoms with E-state index < -0.39 is 11.9 Å². The molecule has 0 saturated carbocycles. The number of nitrogens with zero attached hydrogens (tertiary/aromatic N) is 1. The summed E-state index contributed by atoms with van der Waals surface area (Å²) in [5, 5.41) is 9.91. The molecule has 1 heterocycles. The third-order valence-corrected chi connectivity index (χ3v) is 6.62. The molecule has 1 unspecified atom stereocenters. The van der Waals surface area contributed by atoms with E-state index in [-0.39, 0.29) is 36.2 Å². The molecule has 1 atom stereocenters. The molecule has 41 heavy (non-hydrogen) atoms. The quantitative estimate of drug-likeness (QED) is 0.196. The van der Waals surface area contributed by atoms with E-state index >= 15 is 0 Å². The Morgan fingerprint density at radius 1 is 0.927 bits per heavy atom. The molecule has 0 saturated heterocycles. The lowest BCUT2D eigenvalue weighted by Crippen LogP contribution is -2.21. The van der Waals surface area contributed by atoms with Crippen molar-refractivity contribution in [1.29, 1.82) is 5.26 Å². The van der Waals surface area contributed by atoms with Crippen molar-refractivity contribution in [3.8, 4) is 29.1 Å². The van der Waals surface area contributed by atoms with Crippen LogP contribution in [0.5, 0.6) is 23.0 Å². The summed E-state index contributed by atoms with van der Waals surface area (Å²) in [5.74, 6) is 0.303. The molecule has 0 spiro atoms. The second kappa shape index (κ2) is 12.3. The minimum Gasteiger partial charge on any atom is -0.489 e. The van der Waals surface area contributed by atoms with Gasteiger partial charge in [0.2, 0.25) is 5.88 Å². The maximum Gasteiger partial charge on any atom is 0.349 e. The molecule has 0 bridgehead atoms. The topological polar surface area (TPSA) is 104 Å². The van der Waals surface area contributed by atoms with Crippen LogP contribution in [-0.2, 0) is 17.8 Å². The zero-order valence-corrected chi connectivity index (χ0v) is 22.3. The van der Waals surface area contributed by atoms with Crippen molar-refractivity contribution in [2.45, 2.75) is 25.9 Å². The van der Waals surface area contributed by atoms with E-state index in [1.165, 1.54) is 17.7 Å². The number of esters is 1. The molecule has 4 aromatic carbocycles. The van der Waals surface area contributed by atoms with Crippen LogP contribution < -0.4 is 24.7 Å². The van der Waals surface area contributed by atoms with Gasteiger partial charge in [-0.15, -0.1) is 0 Å². The van der Waals surface area contributed by atoms with Crippen LogP contribution in [0, 0.1) is 17.1 Å². The van der Waals surface area contributed by atoms with Crippen LogP contribution in [-0.4, -0.2) is 12.6 Å². The van der Waals surface area contributed by atoms with Crippen molar-refractivity contribution in [2.24, 2.45) is 5.73 Å². The molecule has 7 nitrogen and oxygen atoms in total. The smallest absolute Gasteiger partial charge is 0.349 e. The molecule has 0 fully saturated rings. The first-order chi connectivity index (χ1) is 19.9. The van der Waals surface area contributed by atoms with Crippen LogP contribution in [0.2, 0.25) is 0 Å². The van der Waals surface area contributed by atoms with Gasteiger partial charge in [0.05, 0.1) is 5.92 Å². The fourth-order valence-corrected chi connectivity index (χ4v) is 4.50. The fourth-order valence-electron chi connectivity index (χ4n) is 4.50. The minimum atomic E-state index is -0.580. The lowest BCUT2D eigenvalue weighted by molar-refractivity contribution is -0.136. The zero-order chi connectivity index (χ0) is 28.8. The number of carbonyl (C=O) groups excluding carboxylic acids is 1. The largest absolute Gasteiger partial charge is 0.489 e. The van der Waals surface area contributed by atoms with Crippen LogP contribution in [0.15, 0.2) is 102 Å². The Hall–Kier alpha value is -5.29. The lowest BCUT2D eigenvalue weighted by Gasteiger charge is -2.27. The third-order valence-electron chi connectivity index (χ3n) is 6.62. The van der Waals surface area contributed by atoms with Crippen molar-refractivity contribution in [3.05, 3.63) is 131 Å². The van der Waals surface area contributed by atoms with Crippen molar-refractivity contribution < 1.29 is 28.1 Å². The first-order valence-electron chi connectivity index (χ1n) is 13.0. The van der Waals surface area contributed by atoms with Gasteiger partial charge < -0.3 is 24.7 Å². The molecule has 0 aliphatic carbocycles. The highest BCUT2D eigenvalue weighted by Gasteiger charge is 2.31. The number of rotatable bonds is 9. The monoisotopic (exact) mass is 550 g/mol. The lowest BCUT2D eigenvalue weighted by atomic mass is 9.83. The molecule has 1 aliphatic heterocycles. The van der Waals surface area contributed by atoms with E-state index in [1.807, 2.05) is 42.5 Å². The van der Waals surface area contributed by atoms with Gasteiger partial charge in [-0.2, -0.15) is 5.26 Å². The predicted octanol–water partition coefficient (Wildman–Crippen LogP) is 6.17. The van der Waals surface area contributed by atoms with E-state index in [0.717, 1.165) is 17.5 Å². The number of hydrogen-bond acceptors (Lipinski definition) is 7. The van der Waals surface area contributed by atoms with Crippen LogP contribution in [0.25, 0.3) is 0 Å². The van der Waals surface area contributed by atoms with Gasteiger partial charge >= 0.3 is 5.97 Å². The second-order valence-electron chi connectivity index (χ2n) is 9.37. The van der Waals surface area contributed by atoms with Gasteiger partial charge in [0.25, 0.3) is 0 Å². The average molecular weight is 551 g/mol. The standard InChI is InChI=1S/C33H27FN2O5/c1-2-21-8-12-25(13-9-21)39-20-31(37)40-27-14-15-28-30(17-27)41-33(36)29(18-35)32(28)23-4-3-5-26(16-23)38-19-22-6-10-24(34)11-7-22/h3-17,32H,2,19-20,36H2,1H3. The summed E-state index contributed by atoms with van der Waals surface area (Å²) in [5.41, 5.74) is 9.83. The van der Waals surface area contributed by atoms with Crippen LogP contribution >= 0.6 is 0 Å². The number of halogens is 1. The number of benzene rings is 4. The summed E-state index contributed by atoms with van der Waals surface area (Å²) in [7, 11) is 0. The summed E-state index contributed by atoms with van der Waals surface area (Å²) >= 11 is 0. The first-order valence-corrected chi connectivity index (χ1v) is 13.0. The molecule has 0 aromatic heterocycles. The molecular formula is C33H27FN2O5. The Balaban J connectivity index is 1.31. The Morgan fingerprint density at radius 2 is 1.66 bits per heavy atom. The normalized spacial score (nSPS) is 13.9. The van der Waals surface area contributed by atoms with Gasteiger partial charge in [0.15, 0.2) is 6.61 Å². The number of hydrogen-bond donors (Lipinski definition) is 1. The maximum absolute atomic E-state index is 13.2. The number of fused-ring (bicyclic) bond motifs is 1. The molecule has 2 N–H and O–H groups in total. The van der Waals surface area contributed by atoms with Crippen LogP contribution in [0.3, 0.4) is 0 Å². The van der Waals surface area contributed by atoms with E-state index in [1.54, 1.807) is 36.4 Å². The SMILES string of the molecule is CCc1ccc(OCC(=O)Oc2ccc3c(c2)OC(N)=C(C#N)C3c2cccc(OCc3ccc(F)cc3)c2)cc1. The molecule has 4 aromatic rings. The Morgan fingerprint density at radius 3 is 2.39 bits per heavy atom. The third kappa shape index (κ3) is 6.48. The molecule has 5 rings (SSSR count). The second-order valence-corrected chi connectivity index (χ2v) is 9.37. The Bertz CT molecular complexity index is 1630. The number of aryl methyl sites for hydroxylation is 1. The summed E-state index contributed by atoms with van der Waals surface area (Å²) < 4.78 is 35.9. The first kappa shape index (κ1) is 27.3. The van der Waals surface area contributed by atoms with Gasteiger partial charge in [-0.05, 0) is 65.6 Å². The molecule has 8 heteroatoms. The van der Waals surface area contributed by atoms with Crippen LogP contribution in [0.1, 0.15) is 35.1 Å². The molecule has 206 valence electrons. The predicted molar refractivity (Wildman–Crippen MR) is 150 cm³/mol. The molecule has 1 aliphatic rings. The summed E-state index contributed by atoms with van der Waals surface area (Å²) in [6.45, 7) is 2.04. The van der Waals surface area contributed by atoms with Crippen molar-refractivity contribution in [3.63, 3.8) is 0 Å². The highest BCUT2D eigenvalue weighted by molar-refractivity contribution is 5.74. The molecule has 0 amide bonds. The van der Waals surface area contributed by atoms with E-state index in [9.17, 15) is 14.4 Å². The van der Waals surface area contributed by atoms with Gasteiger partial charge in [0.1, 0.15) is 47.1 Å². The Labute approximate surface area is 237 Å². The highest BCUT2D eigenvalue weighted by atomic mass is 19.1. The number of carbonyl (C=O) groups is 1. The summed E-state index contributed by atoms with van der Waals surface area (Å²) in [4.78, 5) is 12.4. The fraction of sp³-hybridized carbons (Fsp3) is 0.152. The number of nitriles is 1. The van der Waals surface area contributed by atoms with E-state index in [2.05, 4.69) is 13.0 Å². The van der Waals surface area contributed by atoms with Crippen molar-refractivity contribution in [1.82, 2.24) is 0 Å². The maximum atomic E-state index is 13.2. The number of ether oxygens (including phenoxy) is 4. The van der Waals surface area contributed by atoms with Gasteiger partial charge in [0, 0.05) is 11.6 Å². The van der Waals surface area contributed by atoms with Gasteiger partial charge in [-0.25, -0.2) is 9.18 Å². The number of nitrogens with two attached hydrogens (primary N) is 1. The van der Waals surface area contributed by atoms with Crippen molar-refractivity contribution >= 4 is 5.97 Å². The van der Waals surface area contributed by atoms with Crippen LogP contribution in [0.4, 0.5) is 4.39 Å². The summed E-state index contributed by atoms with van der Waals surface area (Å²) in [6, 6.07) is 28.0. The van der Waals surface area contributed by atoms with E-state index in [4.69, 9.17) is 24.7 Å². The summed E-state index contributed by atoms with van der Waals surface area (Å²) in [6.07, 6.45) is 0.913.